The molecule has 2 aromatic carbocycles. The minimum absolute atomic E-state index is 0.0918. The minimum atomic E-state index is -5.07. The van der Waals surface area contributed by atoms with Gasteiger partial charge in [0.25, 0.3) is 0 Å². The molecule has 0 bridgehead atoms. The summed E-state index contributed by atoms with van der Waals surface area (Å²) in [5.74, 6) is -5.89. The number of alkyl halides is 3. The summed E-state index contributed by atoms with van der Waals surface area (Å²) in [5, 5.41) is 29.4. The molecule has 3 N–H and O–H groups in total. The zero-order chi connectivity index (χ0) is 20.6. The second-order valence-electron chi connectivity index (χ2n) is 6.45. The summed E-state index contributed by atoms with van der Waals surface area (Å²) in [4.78, 5) is 24.1. The molecule has 0 spiro atoms. The van der Waals surface area contributed by atoms with Crippen molar-refractivity contribution in [1.29, 1.82) is 0 Å². The van der Waals surface area contributed by atoms with Gasteiger partial charge in [0, 0.05) is 19.0 Å². The van der Waals surface area contributed by atoms with Crippen LogP contribution in [-0.2, 0) is 11.2 Å². The summed E-state index contributed by atoms with van der Waals surface area (Å²) in [6, 6.07) is 9.45. The van der Waals surface area contributed by atoms with Crippen LogP contribution in [0.2, 0.25) is 0 Å². The van der Waals surface area contributed by atoms with E-state index in [1.54, 1.807) is 30.3 Å². The van der Waals surface area contributed by atoms with Gasteiger partial charge in [-0.3, -0.25) is 4.79 Å². The van der Waals surface area contributed by atoms with Crippen molar-refractivity contribution in [2.45, 2.75) is 18.5 Å². The molecule has 6 nitrogen and oxygen atoms in total. The third-order valence-electron chi connectivity index (χ3n) is 4.78. The van der Waals surface area contributed by atoms with Gasteiger partial charge in [-0.25, -0.2) is 4.79 Å². The first kappa shape index (κ1) is 19.5. The summed E-state index contributed by atoms with van der Waals surface area (Å²) in [5.41, 5.74) is 0.329. The number of carboxylic acids is 1. The molecule has 1 aliphatic rings. The Hall–Kier alpha value is -3.23. The van der Waals surface area contributed by atoms with E-state index in [9.17, 15) is 38.1 Å². The number of phenols is 2. The monoisotopic (exact) mass is 395 g/mol. The zero-order valence-corrected chi connectivity index (χ0v) is 14.4. The van der Waals surface area contributed by atoms with E-state index in [0.717, 1.165) is 6.07 Å². The number of aromatic hydroxyl groups is 2. The first-order chi connectivity index (χ1) is 13.1. The van der Waals surface area contributed by atoms with Gasteiger partial charge in [0.2, 0.25) is 0 Å². The molecule has 28 heavy (non-hydrogen) atoms. The Morgan fingerprint density at radius 2 is 1.75 bits per heavy atom. The molecular weight excluding hydrogens is 379 g/mol. The van der Waals surface area contributed by atoms with Crippen molar-refractivity contribution in [2.24, 2.45) is 0 Å². The molecule has 0 saturated carbocycles. The van der Waals surface area contributed by atoms with E-state index in [2.05, 4.69) is 0 Å². The summed E-state index contributed by atoms with van der Waals surface area (Å²) in [6.07, 6.45) is -5.28. The lowest BCUT2D eigenvalue weighted by molar-refractivity contribution is -0.185. The first-order valence-corrected chi connectivity index (χ1v) is 8.33. The van der Waals surface area contributed by atoms with Crippen LogP contribution in [0.5, 0.6) is 11.5 Å². The summed E-state index contributed by atoms with van der Waals surface area (Å²) in [7, 11) is 0. The predicted octanol–water partition coefficient (Wildman–Crippen LogP) is 2.87. The Balaban J connectivity index is 2.20. The molecule has 9 heteroatoms. The highest BCUT2D eigenvalue weighted by molar-refractivity contribution is 5.94. The molecule has 148 valence electrons. The number of amides is 1. The lowest BCUT2D eigenvalue weighted by atomic mass is 9.85. The number of phenolic OH excluding ortho intramolecular Hbond substituents is 1. The van der Waals surface area contributed by atoms with Crippen LogP contribution in [-0.4, -0.2) is 51.4 Å². The molecule has 1 aliphatic heterocycles. The van der Waals surface area contributed by atoms with Gasteiger partial charge in [0.1, 0.15) is 5.56 Å². The molecule has 0 aliphatic carbocycles. The third-order valence-corrected chi connectivity index (χ3v) is 4.78. The molecule has 3 rings (SSSR count). The van der Waals surface area contributed by atoms with Crippen LogP contribution in [0.15, 0.2) is 36.4 Å². The molecule has 0 radical (unpaired) electrons. The van der Waals surface area contributed by atoms with Crippen molar-refractivity contribution in [3.8, 4) is 11.5 Å². The maximum atomic E-state index is 13.0. The predicted molar refractivity (Wildman–Crippen MR) is 91.4 cm³/mol. The lowest BCUT2D eigenvalue weighted by Gasteiger charge is -2.26. The number of halogens is 3. The number of carbonyl (C=O) groups excluding carboxylic acids is 1. The van der Waals surface area contributed by atoms with E-state index in [1.165, 1.54) is 0 Å². The van der Waals surface area contributed by atoms with Crippen LogP contribution in [0.3, 0.4) is 0 Å². The molecule has 0 aromatic heterocycles. The van der Waals surface area contributed by atoms with E-state index in [1.807, 2.05) is 0 Å². The smallest absolute Gasteiger partial charge is 0.471 e. The fraction of sp³-hybridized carbons (Fsp3) is 0.263. The van der Waals surface area contributed by atoms with Gasteiger partial charge in [-0.2, -0.15) is 13.2 Å². The van der Waals surface area contributed by atoms with Crippen LogP contribution in [0.4, 0.5) is 13.2 Å². The maximum Gasteiger partial charge on any atom is 0.471 e. The van der Waals surface area contributed by atoms with Gasteiger partial charge < -0.3 is 20.2 Å². The zero-order valence-electron chi connectivity index (χ0n) is 14.4. The topological polar surface area (TPSA) is 98.1 Å². The second-order valence-corrected chi connectivity index (χ2v) is 6.45. The van der Waals surface area contributed by atoms with Crippen LogP contribution < -0.4 is 0 Å². The summed E-state index contributed by atoms with van der Waals surface area (Å²) < 4.78 is 39.0. The number of hydrogen-bond acceptors (Lipinski definition) is 4. The molecule has 0 saturated heterocycles. The molecule has 2 aromatic rings. The minimum Gasteiger partial charge on any atom is -0.504 e. The highest BCUT2D eigenvalue weighted by atomic mass is 19.4. The SMILES string of the molecule is O=C(O)c1c(O)c(O)cc2c1CCN(C(=O)C(F)(F)F)CC2c1ccccc1. The van der Waals surface area contributed by atoms with E-state index in [0.29, 0.717) is 10.5 Å². The van der Waals surface area contributed by atoms with E-state index in [4.69, 9.17) is 0 Å². The standard InChI is InChI=1S/C19H16F3NO5/c20-19(21,22)18(28)23-7-6-11-12(8-14(24)16(25)15(11)17(26)27)13(9-23)10-4-2-1-3-5-10/h1-5,8,13,24-25H,6-7,9H2,(H,26,27). The number of aromatic carboxylic acids is 1. The van der Waals surface area contributed by atoms with E-state index in [-0.39, 0.29) is 30.6 Å². The molecule has 0 fully saturated rings. The quantitative estimate of drug-likeness (QED) is 0.680. The Labute approximate surface area is 157 Å². The number of carbonyl (C=O) groups is 2. The largest absolute Gasteiger partial charge is 0.504 e. The fourth-order valence-corrected chi connectivity index (χ4v) is 3.52. The third kappa shape index (κ3) is 3.47. The average Bonchev–Trinajstić information content (AvgIpc) is 2.81. The molecule has 1 heterocycles. The van der Waals surface area contributed by atoms with Gasteiger partial charge in [-0.15, -0.1) is 0 Å². The van der Waals surface area contributed by atoms with Crippen molar-refractivity contribution in [1.82, 2.24) is 4.90 Å². The molecule has 1 amide bonds. The van der Waals surface area contributed by atoms with Crippen molar-refractivity contribution in [2.75, 3.05) is 13.1 Å². The van der Waals surface area contributed by atoms with Gasteiger partial charge in [-0.1, -0.05) is 30.3 Å². The average molecular weight is 395 g/mol. The highest BCUT2D eigenvalue weighted by Crippen LogP contribution is 2.41. The summed E-state index contributed by atoms with van der Waals surface area (Å²) in [6.45, 7) is -0.724. The maximum absolute atomic E-state index is 13.0. The number of hydrogen-bond donors (Lipinski definition) is 3. The van der Waals surface area contributed by atoms with Crippen LogP contribution in [0.1, 0.15) is 33.0 Å². The highest BCUT2D eigenvalue weighted by Gasteiger charge is 2.44. The van der Waals surface area contributed by atoms with Gasteiger partial charge in [0.05, 0.1) is 0 Å². The van der Waals surface area contributed by atoms with Crippen molar-refractivity contribution in [3.63, 3.8) is 0 Å². The Bertz CT molecular complexity index is 927. The van der Waals surface area contributed by atoms with Crippen molar-refractivity contribution >= 4 is 11.9 Å². The Morgan fingerprint density at radius 1 is 1.11 bits per heavy atom. The van der Waals surface area contributed by atoms with Crippen LogP contribution >= 0.6 is 0 Å². The number of fused-ring (bicyclic) bond motifs is 1. The van der Waals surface area contributed by atoms with Crippen LogP contribution in [0, 0.1) is 0 Å². The molecule has 1 atom stereocenters. The van der Waals surface area contributed by atoms with Crippen molar-refractivity contribution < 1.29 is 38.1 Å². The first-order valence-electron chi connectivity index (χ1n) is 8.33. The Kier molecular flexibility index (Phi) is 4.93. The number of nitrogens with zero attached hydrogens (tertiary/aromatic N) is 1. The van der Waals surface area contributed by atoms with Gasteiger partial charge in [-0.05, 0) is 29.2 Å². The Morgan fingerprint density at radius 3 is 2.32 bits per heavy atom. The second kappa shape index (κ2) is 7.06. The van der Waals surface area contributed by atoms with Gasteiger partial charge >= 0.3 is 18.1 Å². The van der Waals surface area contributed by atoms with Crippen LogP contribution in [0.25, 0.3) is 0 Å². The van der Waals surface area contributed by atoms with Gasteiger partial charge in [0.15, 0.2) is 11.5 Å². The van der Waals surface area contributed by atoms with Crippen molar-refractivity contribution in [3.05, 3.63) is 58.7 Å². The molecular formula is C19H16F3NO5. The number of rotatable bonds is 2. The summed E-state index contributed by atoms with van der Waals surface area (Å²) >= 11 is 0. The number of carboxylic acid groups (broad SMARTS) is 1. The normalized spacial score (nSPS) is 17.0. The fourth-order valence-electron chi connectivity index (χ4n) is 3.52. The number of benzene rings is 2. The lowest BCUT2D eigenvalue weighted by Crippen LogP contribution is -2.43. The van der Waals surface area contributed by atoms with E-state index >= 15 is 0 Å². The molecule has 1 unspecified atom stereocenters. The van der Waals surface area contributed by atoms with E-state index < -0.39 is 41.0 Å².